The lowest BCUT2D eigenvalue weighted by molar-refractivity contribution is -0.138. The third-order valence-electron chi connectivity index (χ3n) is 0.549. The summed E-state index contributed by atoms with van der Waals surface area (Å²) in [5.74, 6) is 0.516. The van der Waals surface area contributed by atoms with Gasteiger partial charge < -0.3 is 4.74 Å². The van der Waals surface area contributed by atoms with Crippen molar-refractivity contribution >= 4 is 16.8 Å². The molecule has 0 spiro atoms. The summed E-state index contributed by atoms with van der Waals surface area (Å²) in [4.78, 5) is 10.4. The van der Waals surface area contributed by atoms with Crippen LogP contribution in [0.3, 0.4) is 0 Å². The van der Waals surface area contributed by atoms with Crippen LogP contribution in [0.5, 0.6) is 0 Å². The van der Waals surface area contributed by atoms with Crippen molar-refractivity contribution in [2.45, 2.75) is 6.92 Å². The highest BCUT2D eigenvalue weighted by Crippen LogP contribution is 1.87. The Morgan fingerprint density at radius 1 is 1.78 bits per heavy atom. The summed E-state index contributed by atoms with van der Waals surface area (Å²) >= 11 is 0. The lowest BCUT2D eigenvalue weighted by Gasteiger charge is -1.95. The van der Waals surface area contributed by atoms with Crippen LogP contribution in [0.1, 0.15) is 6.92 Å². The number of carbonyl (C=O) groups excluding carboxylic acids is 1. The first-order valence-electron chi connectivity index (χ1n) is 2.50. The molecule has 0 aromatic rings. The van der Waals surface area contributed by atoms with E-state index in [1.54, 1.807) is 6.92 Å². The molecule has 0 bridgehead atoms. The molecule has 0 aliphatic rings. The van der Waals surface area contributed by atoms with Gasteiger partial charge in [-0.2, -0.15) is 0 Å². The molecular weight excluding hydrogens is 140 g/mol. The van der Waals surface area contributed by atoms with E-state index in [1.165, 1.54) is 6.26 Å². The quantitative estimate of drug-likeness (QED) is 0.534. The Bertz CT molecular complexity index is 121. The van der Waals surface area contributed by atoms with Crippen molar-refractivity contribution in [3.63, 3.8) is 0 Å². The lowest BCUT2D eigenvalue weighted by Crippen LogP contribution is -2.06. The van der Waals surface area contributed by atoms with Gasteiger partial charge in [-0.15, -0.1) is 0 Å². The van der Waals surface area contributed by atoms with Crippen molar-refractivity contribution < 1.29 is 13.7 Å². The molecule has 1 unspecified atom stereocenters. The van der Waals surface area contributed by atoms with Crippen LogP contribution in [0.2, 0.25) is 0 Å². The van der Waals surface area contributed by atoms with E-state index in [0.29, 0.717) is 6.61 Å². The van der Waals surface area contributed by atoms with Crippen LogP contribution in [0, 0.1) is 5.75 Å². The molecule has 0 saturated carbocycles. The van der Waals surface area contributed by atoms with E-state index in [1.807, 2.05) is 0 Å². The van der Waals surface area contributed by atoms with Crippen molar-refractivity contribution in [1.82, 2.24) is 0 Å². The van der Waals surface area contributed by atoms with Gasteiger partial charge in [0.15, 0.2) is 5.75 Å². The fraction of sp³-hybridized carbons (Fsp3) is 0.600. The molecule has 0 amide bonds. The van der Waals surface area contributed by atoms with Crippen molar-refractivity contribution in [1.29, 1.82) is 0 Å². The largest absolute Gasteiger partial charge is 0.465 e. The van der Waals surface area contributed by atoms with E-state index in [4.69, 9.17) is 0 Å². The molecule has 1 radical (unpaired) electrons. The van der Waals surface area contributed by atoms with Gasteiger partial charge in [0.2, 0.25) is 0 Å². The third-order valence-corrected chi connectivity index (χ3v) is 1.07. The molecule has 4 heteroatoms. The molecule has 0 aromatic carbocycles. The number of hydrogen-bond acceptors (Lipinski definition) is 3. The van der Waals surface area contributed by atoms with Gasteiger partial charge in [0.25, 0.3) is 0 Å². The molecule has 0 aliphatic heterocycles. The fourth-order valence-electron chi connectivity index (χ4n) is 0.312. The first kappa shape index (κ1) is 8.62. The zero-order valence-electron chi connectivity index (χ0n) is 5.42. The molecule has 0 aliphatic carbocycles. The minimum absolute atomic E-state index is 0.326. The average molecular weight is 149 g/mol. The minimum atomic E-state index is -1.20. The summed E-state index contributed by atoms with van der Waals surface area (Å²) in [6.07, 6.45) is 1.41. The van der Waals surface area contributed by atoms with Crippen LogP contribution in [-0.2, 0) is 20.3 Å². The van der Waals surface area contributed by atoms with Crippen molar-refractivity contribution in [3.8, 4) is 0 Å². The molecule has 0 aromatic heterocycles. The SMILES string of the molecule is CCOC(=O)[CH]S(C)=O. The van der Waals surface area contributed by atoms with Crippen LogP contribution in [0.15, 0.2) is 0 Å². The van der Waals surface area contributed by atoms with E-state index in [9.17, 15) is 9.00 Å². The Labute approximate surface area is 56.8 Å². The highest BCUT2D eigenvalue weighted by Gasteiger charge is 2.03. The molecule has 1 atom stereocenters. The maximum atomic E-state index is 10.4. The van der Waals surface area contributed by atoms with Gasteiger partial charge in [0.1, 0.15) is 0 Å². The monoisotopic (exact) mass is 149 g/mol. The normalized spacial score (nSPS) is 12.7. The smallest absolute Gasteiger partial charge is 0.323 e. The molecule has 0 rings (SSSR count). The number of rotatable bonds is 3. The number of esters is 1. The third kappa shape index (κ3) is 5.49. The Morgan fingerprint density at radius 3 is 2.67 bits per heavy atom. The van der Waals surface area contributed by atoms with Gasteiger partial charge in [-0.05, 0) is 6.92 Å². The second kappa shape index (κ2) is 4.49. The molecule has 3 nitrogen and oxygen atoms in total. The topological polar surface area (TPSA) is 43.4 Å². The Hall–Kier alpha value is -0.380. The number of ether oxygens (including phenoxy) is 1. The van der Waals surface area contributed by atoms with E-state index >= 15 is 0 Å². The van der Waals surface area contributed by atoms with Gasteiger partial charge >= 0.3 is 5.97 Å². The van der Waals surface area contributed by atoms with Crippen LogP contribution < -0.4 is 0 Å². The van der Waals surface area contributed by atoms with Gasteiger partial charge in [-0.3, -0.25) is 9.00 Å². The zero-order chi connectivity index (χ0) is 7.28. The fourth-order valence-corrected chi connectivity index (χ4v) is 0.651. The standard InChI is InChI=1S/C5H9O3S/c1-3-8-5(6)4-9(2)7/h4H,3H2,1-2H3. The summed E-state index contributed by atoms with van der Waals surface area (Å²) in [6, 6.07) is 0. The van der Waals surface area contributed by atoms with Gasteiger partial charge in [-0.1, -0.05) is 0 Å². The first-order chi connectivity index (χ1) is 4.16. The molecule has 0 heterocycles. The summed E-state index contributed by atoms with van der Waals surface area (Å²) in [6.45, 7) is 2.02. The van der Waals surface area contributed by atoms with Gasteiger partial charge in [0.05, 0.1) is 6.61 Å². The average Bonchev–Trinajstić information content (AvgIpc) is 1.63. The van der Waals surface area contributed by atoms with Gasteiger partial charge in [-0.25, -0.2) is 0 Å². The maximum absolute atomic E-state index is 10.4. The lowest BCUT2D eigenvalue weighted by atomic mass is 10.8. The Balaban J connectivity index is 3.39. The highest BCUT2D eigenvalue weighted by molar-refractivity contribution is 7.87. The Morgan fingerprint density at radius 2 is 2.33 bits per heavy atom. The predicted molar refractivity (Wildman–Crippen MR) is 35.0 cm³/mol. The molecule has 0 saturated heterocycles. The molecule has 9 heavy (non-hydrogen) atoms. The molecular formula is C5H9O3S. The number of carbonyl (C=O) groups is 1. The molecule has 0 N–H and O–H groups in total. The van der Waals surface area contributed by atoms with E-state index < -0.39 is 16.8 Å². The minimum Gasteiger partial charge on any atom is -0.465 e. The predicted octanol–water partition coefficient (Wildman–Crippen LogP) is 0.0898. The van der Waals surface area contributed by atoms with Crippen LogP contribution in [0.25, 0.3) is 0 Å². The van der Waals surface area contributed by atoms with Crippen LogP contribution >= 0.6 is 0 Å². The van der Waals surface area contributed by atoms with Crippen molar-refractivity contribution in [2.24, 2.45) is 0 Å². The Kier molecular flexibility index (Phi) is 4.30. The molecule has 53 valence electrons. The second-order valence-electron chi connectivity index (χ2n) is 1.37. The van der Waals surface area contributed by atoms with Crippen molar-refractivity contribution in [2.75, 3.05) is 12.9 Å². The molecule has 0 fully saturated rings. The van der Waals surface area contributed by atoms with Crippen LogP contribution in [0.4, 0.5) is 0 Å². The van der Waals surface area contributed by atoms with E-state index in [2.05, 4.69) is 4.74 Å². The number of hydrogen-bond donors (Lipinski definition) is 0. The van der Waals surface area contributed by atoms with Gasteiger partial charge in [0, 0.05) is 17.1 Å². The second-order valence-corrected chi connectivity index (χ2v) is 2.60. The summed E-state index contributed by atoms with van der Waals surface area (Å²) in [7, 11) is -1.20. The summed E-state index contributed by atoms with van der Waals surface area (Å²) < 4.78 is 14.7. The first-order valence-corrected chi connectivity index (χ1v) is 4.12. The van der Waals surface area contributed by atoms with Crippen molar-refractivity contribution in [3.05, 3.63) is 5.75 Å². The summed E-state index contributed by atoms with van der Waals surface area (Å²) in [5.41, 5.74) is 0. The van der Waals surface area contributed by atoms with E-state index in [-0.39, 0.29) is 0 Å². The van der Waals surface area contributed by atoms with E-state index in [0.717, 1.165) is 5.75 Å². The van der Waals surface area contributed by atoms with Crippen LogP contribution in [-0.4, -0.2) is 23.0 Å². The highest BCUT2D eigenvalue weighted by atomic mass is 32.2. The maximum Gasteiger partial charge on any atom is 0.323 e. The zero-order valence-corrected chi connectivity index (χ0v) is 6.23. The summed E-state index contributed by atoms with van der Waals surface area (Å²) in [5, 5.41) is 0.